The number of carbonyl (C=O) groups is 2. The van der Waals surface area contributed by atoms with Crippen molar-refractivity contribution in [2.45, 2.75) is 32.2 Å². The van der Waals surface area contributed by atoms with Gasteiger partial charge in [0.05, 0.1) is 5.75 Å². The zero-order valence-electron chi connectivity index (χ0n) is 15.7. The average molecular weight is 405 g/mol. The summed E-state index contributed by atoms with van der Waals surface area (Å²) in [7, 11) is 0. The molecule has 0 aromatic heterocycles. The van der Waals surface area contributed by atoms with E-state index in [-0.39, 0.29) is 11.8 Å². The first-order valence-corrected chi connectivity index (χ1v) is 10.5. The van der Waals surface area contributed by atoms with Crippen LogP contribution in [-0.2, 0) is 21.9 Å². The van der Waals surface area contributed by atoms with Crippen molar-refractivity contribution < 1.29 is 9.59 Å². The number of hydrogen-bond donors (Lipinski definition) is 1. The summed E-state index contributed by atoms with van der Waals surface area (Å²) < 4.78 is 0. The van der Waals surface area contributed by atoms with E-state index in [9.17, 15) is 9.59 Å². The van der Waals surface area contributed by atoms with Crippen LogP contribution in [-0.4, -0.2) is 35.1 Å². The van der Waals surface area contributed by atoms with Gasteiger partial charge in [0.25, 0.3) is 0 Å². The number of nitrogens with one attached hydrogen (secondary N) is 1. The van der Waals surface area contributed by atoms with Crippen molar-refractivity contribution in [1.29, 1.82) is 0 Å². The molecule has 1 atom stereocenters. The molecule has 2 aromatic rings. The lowest BCUT2D eigenvalue weighted by molar-refractivity contribution is -0.138. The summed E-state index contributed by atoms with van der Waals surface area (Å²) in [6.07, 6.45) is 0. The first-order valence-electron chi connectivity index (χ1n) is 8.94. The van der Waals surface area contributed by atoms with Crippen LogP contribution in [0.3, 0.4) is 0 Å². The highest BCUT2D eigenvalue weighted by Crippen LogP contribution is 2.17. The molecule has 0 fully saturated rings. The molecule has 0 aliphatic heterocycles. The van der Waals surface area contributed by atoms with E-state index in [1.165, 1.54) is 11.8 Å². The molecule has 0 bridgehead atoms. The highest BCUT2D eigenvalue weighted by Gasteiger charge is 2.25. The smallest absolute Gasteiger partial charge is 0.242 e. The summed E-state index contributed by atoms with van der Waals surface area (Å²) in [5, 5.41) is 3.50. The molecule has 4 nitrogen and oxygen atoms in total. The summed E-state index contributed by atoms with van der Waals surface area (Å²) in [5.74, 6) is 0.859. The quantitative estimate of drug-likeness (QED) is 0.683. The van der Waals surface area contributed by atoms with E-state index >= 15 is 0 Å². The van der Waals surface area contributed by atoms with Crippen LogP contribution in [0.5, 0.6) is 0 Å². The van der Waals surface area contributed by atoms with E-state index in [0.717, 1.165) is 16.9 Å². The highest BCUT2D eigenvalue weighted by atomic mass is 35.5. The summed E-state index contributed by atoms with van der Waals surface area (Å²) in [6, 6.07) is 16.8. The third-order valence-corrected chi connectivity index (χ3v) is 5.36. The van der Waals surface area contributed by atoms with Crippen molar-refractivity contribution in [3.8, 4) is 0 Å². The fraction of sp³-hybridized carbons (Fsp3) is 0.333. The van der Waals surface area contributed by atoms with Crippen molar-refractivity contribution in [3.63, 3.8) is 0 Å². The normalized spacial score (nSPS) is 11.7. The summed E-state index contributed by atoms with van der Waals surface area (Å²) in [4.78, 5) is 26.8. The lowest BCUT2D eigenvalue weighted by Gasteiger charge is -2.28. The van der Waals surface area contributed by atoms with Crippen LogP contribution in [0.1, 0.15) is 25.0 Å². The number of rotatable bonds is 9. The number of nitrogens with zero attached hydrogens (tertiary/aromatic N) is 1. The van der Waals surface area contributed by atoms with E-state index < -0.39 is 6.04 Å². The molecular weight excluding hydrogens is 380 g/mol. The lowest BCUT2D eigenvalue weighted by Crippen LogP contribution is -2.48. The van der Waals surface area contributed by atoms with Crippen molar-refractivity contribution in [2.24, 2.45) is 0 Å². The van der Waals surface area contributed by atoms with E-state index in [0.29, 0.717) is 23.9 Å². The number of likely N-dealkylation sites (N-methyl/N-ethyl adjacent to an activating group) is 1. The molecule has 0 saturated carbocycles. The average Bonchev–Trinajstić information content (AvgIpc) is 2.68. The fourth-order valence-electron chi connectivity index (χ4n) is 2.60. The SMILES string of the molecule is CCNC(=O)[C@@H](C)N(Cc1ccccc1)C(=O)CSCc1ccc(Cl)cc1. The Hall–Kier alpha value is -1.98. The molecular formula is C21H25ClN2O2S. The van der Waals surface area contributed by atoms with Crippen LogP contribution in [0.4, 0.5) is 0 Å². The molecule has 0 saturated heterocycles. The van der Waals surface area contributed by atoms with Crippen LogP contribution >= 0.6 is 23.4 Å². The second kappa shape index (κ2) is 11.0. The third kappa shape index (κ3) is 6.92. The molecule has 2 rings (SSSR count). The van der Waals surface area contributed by atoms with E-state index in [1.807, 2.05) is 61.5 Å². The molecule has 0 aliphatic rings. The number of halogens is 1. The van der Waals surface area contributed by atoms with Gasteiger partial charge in [0, 0.05) is 23.9 Å². The van der Waals surface area contributed by atoms with E-state index in [1.54, 1.807) is 11.8 Å². The summed E-state index contributed by atoms with van der Waals surface area (Å²) >= 11 is 7.44. The zero-order valence-corrected chi connectivity index (χ0v) is 17.2. The number of thioether (sulfide) groups is 1. The maximum Gasteiger partial charge on any atom is 0.242 e. The van der Waals surface area contributed by atoms with Gasteiger partial charge in [0.2, 0.25) is 11.8 Å². The predicted molar refractivity (Wildman–Crippen MR) is 113 cm³/mol. The fourth-order valence-corrected chi connectivity index (χ4v) is 3.60. The molecule has 6 heteroatoms. The highest BCUT2D eigenvalue weighted by molar-refractivity contribution is 7.99. The second-order valence-electron chi connectivity index (χ2n) is 6.20. The number of amides is 2. The van der Waals surface area contributed by atoms with Crippen LogP contribution in [0.25, 0.3) is 0 Å². The maximum atomic E-state index is 12.8. The Morgan fingerprint density at radius 3 is 2.37 bits per heavy atom. The molecule has 1 N–H and O–H groups in total. The number of carbonyl (C=O) groups excluding carboxylic acids is 2. The molecule has 0 heterocycles. The van der Waals surface area contributed by atoms with Crippen LogP contribution in [0, 0.1) is 0 Å². The van der Waals surface area contributed by atoms with Crippen molar-refractivity contribution >= 4 is 35.2 Å². The van der Waals surface area contributed by atoms with Gasteiger partial charge in [-0.3, -0.25) is 9.59 Å². The number of benzene rings is 2. The first-order chi connectivity index (χ1) is 13.0. The molecule has 0 aliphatic carbocycles. The van der Waals surface area contributed by atoms with Crippen LogP contribution < -0.4 is 5.32 Å². The Kier molecular flexibility index (Phi) is 8.69. The zero-order chi connectivity index (χ0) is 19.6. The van der Waals surface area contributed by atoms with Crippen LogP contribution in [0.15, 0.2) is 54.6 Å². The van der Waals surface area contributed by atoms with Crippen molar-refractivity contribution in [2.75, 3.05) is 12.3 Å². The molecule has 2 aromatic carbocycles. The minimum absolute atomic E-state index is 0.0448. The first kappa shape index (κ1) is 21.3. The monoisotopic (exact) mass is 404 g/mol. The van der Waals surface area contributed by atoms with E-state index in [2.05, 4.69) is 5.32 Å². The van der Waals surface area contributed by atoms with Crippen molar-refractivity contribution in [3.05, 3.63) is 70.7 Å². The van der Waals surface area contributed by atoms with Gasteiger partial charge in [-0.2, -0.15) is 0 Å². The molecule has 144 valence electrons. The van der Waals surface area contributed by atoms with Gasteiger partial charge in [-0.1, -0.05) is 54.1 Å². The second-order valence-corrected chi connectivity index (χ2v) is 7.62. The van der Waals surface area contributed by atoms with Gasteiger partial charge >= 0.3 is 0 Å². The molecule has 27 heavy (non-hydrogen) atoms. The number of hydrogen-bond acceptors (Lipinski definition) is 3. The molecule has 0 unspecified atom stereocenters. The Morgan fingerprint density at radius 2 is 1.74 bits per heavy atom. The topological polar surface area (TPSA) is 49.4 Å². The lowest BCUT2D eigenvalue weighted by atomic mass is 10.1. The molecule has 0 spiro atoms. The van der Waals surface area contributed by atoms with E-state index in [4.69, 9.17) is 11.6 Å². The Balaban J connectivity index is 2.00. The van der Waals surface area contributed by atoms with Gasteiger partial charge in [-0.15, -0.1) is 11.8 Å². The minimum Gasteiger partial charge on any atom is -0.355 e. The van der Waals surface area contributed by atoms with Gasteiger partial charge in [0.1, 0.15) is 6.04 Å². The molecule has 0 radical (unpaired) electrons. The maximum absolute atomic E-state index is 12.8. The van der Waals surface area contributed by atoms with Crippen LogP contribution in [0.2, 0.25) is 5.02 Å². The van der Waals surface area contributed by atoms with Gasteiger partial charge in [-0.25, -0.2) is 0 Å². The minimum atomic E-state index is -0.520. The van der Waals surface area contributed by atoms with Crippen molar-refractivity contribution in [1.82, 2.24) is 10.2 Å². The standard InChI is InChI=1S/C21H25ClN2O2S/c1-3-23-21(26)16(2)24(13-17-7-5-4-6-8-17)20(25)15-27-14-18-9-11-19(22)12-10-18/h4-12,16H,3,13-15H2,1-2H3,(H,23,26)/t16-/m1/s1. The predicted octanol–water partition coefficient (Wildman–Crippen LogP) is 4.13. The van der Waals surface area contributed by atoms with Gasteiger partial charge in [0.15, 0.2) is 0 Å². The summed E-state index contributed by atoms with van der Waals surface area (Å²) in [6.45, 7) is 4.60. The Bertz CT molecular complexity index is 738. The summed E-state index contributed by atoms with van der Waals surface area (Å²) in [5.41, 5.74) is 2.12. The Labute approximate surface area is 170 Å². The molecule has 2 amide bonds. The Morgan fingerprint density at radius 1 is 1.07 bits per heavy atom. The van der Waals surface area contributed by atoms with Gasteiger partial charge < -0.3 is 10.2 Å². The largest absolute Gasteiger partial charge is 0.355 e. The third-order valence-electron chi connectivity index (χ3n) is 4.12. The van der Waals surface area contributed by atoms with Gasteiger partial charge in [-0.05, 0) is 37.1 Å².